The summed E-state index contributed by atoms with van der Waals surface area (Å²) in [5, 5.41) is 11.6. The molecule has 0 atom stereocenters. The number of aromatic nitrogens is 4. The molecule has 11 heteroatoms. The molecule has 4 aromatic rings. The summed E-state index contributed by atoms with van der Waals surface area (Å²) in [5.74, 6) is -0.142. The molecular formula is C27H29ClFN7O2. The molecule has 1 saturated heterocycles. The highest BCUT2D eigenvalue weighted by Gasteiger charge is 2.27. The van der Waals surface area contributed by atoms with Crippen molar-refractivity contribution in [2.75, 3.05) is 51.3 Å². The van der Waals surface area contributed by atoms with E-state index >= 15 is 4.39 Å². The predicted molar refractivity (Wildman–Crippen MR) is 147 cm³/mol. The molecular weight excluding hydrogens is 509 g/mol. The minimum atomic E-state index is -0.548. The number of ether oxygens (including phenoxy) is 1. The first kappa shape index (κ1) is 25.9. The van der Waals surface area contributed by atoms with Crippen molar-refractivity contribution in [1.82, 2.24) is 30.4 Å². The topological polar surface area (TPSA) is 99.3 Å². The van der Waals surface area contributed by atoms with E-state index < -0.39 is 5.82 Å². The van der Waals surface area contributed by atoms with Crippen LogP contribution in [0.5, 0.6) is 6.01 Å². The predicted octanol–water partition coefficient (Wildman–Crippen LogP) is 4.10. The number of aryl methyl sites for hydroxylation is 1. The molecule has 3 heterocycles. The lowest BCUT2D eigenvalue weighted by Crippen LogP contribution is -2.48. The molecule has 0 saturated carbocycles. The van der Waals surface area contributed by atoms with Crippen LogP contribution >= 0.6 is 11.6 Å². The molecule has 2 N–H and O–H groups in total. The number of benzene rings is 2. The molecule has 0 unspecified atom stereocenters. The summed E-state index contributed by atoms with van der Waals surface area (Å²) in [6.07, 6.45) is 3.72. The molecule has 198 valence electrons. The number of hydrogen-bond acceptors (Lipinski definition) is 7. The summed E-state index contributed by atoms with van der Waals surface area (Å²) in [6.45, 7) is 8.63. The van der Waals surface area contributed by atoms with E-state index in [4.69, 9.17) is 16.3 Å². The fraction of sp³-hybridized carbons (Fsp3) is 0.333. The number of rotatable bonds is 8. The Morgan fingerprint density at radius 1 is 1.24 bits per heavy atom. The molecule has 0 aliphatic carbocycles. The van der Waals surface area contributed by atoms with E-state index in [-0.39, 0.29) is 28.0 Å². The highest BCUT2D eigenvalue weighted by Crippen LogP contribution is 2.42. The SMILES string of the molecule is C=CC(=O)N1CCN(c2nc(OCCCNC)nc3c(F)c(-c4c(C)ccc5[nH]ncc45)c(Cl)cc23)CC1. The zero-order chi connectivity index (χ0) is 26.8. The highest BCUT2D eigenvalue weighted by atomic mass is 35.5. The minimum Gasteiger partial charge on any atom is -0.463 e. The van der Waals surface area contributed by atoms with Crippen molar-refractivity contribution in [3.63, 3.8) is 0 Å². The summed E-state index contributed by atoms with van der Waals surface area (Å²) < 4.78 is 22.3. The van der Waals surface area contributed by atoms with E-state index in [1.165, 1.54) is 6.08 Å². The normalized spacial score (nSPS) is 13.9. The van der Waals surface area contributed by atoms with Crippen LogP contribution in [0.15, 0.2) is 37.1 Å². The Kier molecular flexibility index (Phi) is 7.44. The Labute approximate surface area is 224 Å². The van der Waals surface area contributed by atoms with Crippen LogP contribution in [0.4, 0.5) is 10.2 Å². The quantitative estimate of drug-likeness (QED) is 0.258. The second-order valence-corrected chi connectivity index (χ2v) is 9.59. The Balaban J connectivity index is 1.64. The van der Waals surface area contributed by atoms with Gasteiger partial charge in [0.2, 0.25) is 5.91 Å². The van der Waals surface area contributed by atoms with Crippen molar-refractivity contribution >= 4 is 45.1 Å². The van der Waals surface area contributed by atoms with Gasteiger partial charge >= 0.3 is 6.01 Å². The van der Waals surface area contributed by atoms with Crippen LogP contribution in [-0.2, 0) is 4.79 Å². The molecule has 1 aliphatic heterocycles. The Morgan fingerprint density at radius 2 is 2.03 bits per heavy atom. The smallest absolute Gasteiger partial charge is 0.319 e. The van der Waals surface area contributed by atoms with Gasteiger partial charge in [-0.3, -0.25) is 9.89 Å². The van der Waals surface area contributed by atoms with Crippen LogP contribution in [-0.4, -0.2) is 77.4 Å². The summed E-state index contributed by atoms with van der Waals surface area (Å²) in [4.78, 5) is 25.0. The maximum absolute atomic E-state index is 16.5. The first-order valence-corrected chi connectivity index (χ1v) is 12.9. The summed E-state index contributed by atoms with van der Waals surface area (Å²) >= 11 is 6.79. The molecule has 0 radical (unpaired) electrons. The first-order valence-electron chi connectivity index (χ1n) is 12.5. The molecule has 0 bridgehead atoms. The maximum atomic E-state index is 16.5. The number of nitrogens with one attached hydrogen (secondary N) is 2. The molecule has 1 aliphatic rings. The third kappa shape index (κ3) is 4.77. The van der Waals surface area contributed by atoms with Crippen molar-refractivity contribution in [2.24, 2.45) is 0 Å². The molecule has 1 amide bonds. The summed E-state index contributed by atoms with van der Waals surface area (Å²) in [7, 11) is 1.87. The number of anilines is 1. The van der Waals surface area contributed by atoms with Gasteiger partial charge in [-0.1, -0.05) is 24.2 Å². The van der Waals surface area contributed by atoms with E-state index in [2.05, 4.69) is 32.1 Å². The molecule has 2 aromatic carbocycles. The van der Waals surface area contributed by atoms with Crippen molar-refractivity contribution < 1.29 is 13.9 Å². The number of hydrogen-bond donors (Lipinski definition) is 2. The molecule has 9 nitrogen and oxygen atoms in total. The average molecular weight is 538 g/mol. The number of fused-ring (bicyclic) bond motifs is 2. The highest BCUT2D eigenvalue weighted by molar-refractivity contribution is 6.35. The largest absolute Gasteiger partial charge is 0.463 e. The molecule has 38 heavy (non-hydrogen) atoms. The Bertz CT molecular complexity index is 1510. The van der Waals surface area contributed by atoms with Gasteiger partial charge in [0.15, 0.2) is 5.82 Å². The van der Waals surface area contributed by atoms with Gasteiger partial charge in [-0.05, 0) is 50.7 Å². The van der Waals surface area contributed by atoms with Crippen molar-refractivity contribution in [3.05, 3.63) is 53.5 Å². The van der Waals surface area contributed by atoms with Gasteiger partial charge in [-0.2, -0.15) is 15.1 Å². The first-order chi connectivity index (χ1) is 18.4. The van der Waals surface area contributed by atoms with Gasteiger partial charge in [-0.25, -0.2) is 4.39 Å². The van der Waals surface area contributed by atoms with Gasteiger partial charge in [0, 0.05) is 48.1 Å². The van der Waals surface area contributed by atoms with Crippen molar-refractivity contribution in [3.8, 4) is 17.1 Å². The van der Waals surface area contributed by atoms with Crippen LogP contribution < -0.4 is 15.0 Å². The summed E-state index contributed by atoms with van der Waals surface area (Å²) in [5.41, 5.74) is 2.69. The van der Waals surface area contributed by atoms with Gasteiger partial charge in [0.1, 0.15) is 11.3 Å². The monoisotopic (exact) mass is 537 g/mol. The molecule has 5 rings (SSSR count). The number of aromatic amines is 1. The van der Waals surface area contributed by atoms with E-state index in [1.54, 1.807) is 17.2 Å². The fourth-order valence-corrected chi connectivity index (χ4v) is 5.12. The number of H-pyrrole nitrogens is 1. The average Bonchev–Trinajstić information content (AvgIpc) is 3.41. The van der Waals surface area contributed by atoms with Gasteiger partial charge in [-0.15, -0.1) is 0 Å². The second-order valence-electron chi connectivity index (χ2n) is 9.18. The van der Waals surface area contributed by atoms with Crippen molar-refractivity contribution in [1.29, 1.82) is 0 Å². The van der Waals surface area contributed by atoms with Gasteiger partial charge in [0.25, 0.3) is 0 Å². The van der Waals surface area contributed by atoms with Crippen molar-refractivity contribution in [2.45, 2.75) is 13.3 Å². The lowest BCUT2D eigenvalue weighted by atomic mass is 9.95. The number of amides is 1. The lowest BCUT2D eigenvalue weighted by molar-refractivity contribution is -0.126. The third-order valence-corrected chi connectivity index (χ3v) is 7.09. The Hall–Kier alpha value is -3.76. The third-order valence-electron chi connectivity index (χ3n) is 6.79. The van der Waals surface area contributed by atoms with Crippen LogP contribution in [0.25, 0.3) is 32.9 Å². The zero-order valence-electron chi connectivity index (χ0n) is 21.4. The Morgan fingerprint density at radius 3 is 2.76 bits per heavy atom. The van der Waals surface area contributed by atoms with Crippen LogP contribution in [0.2, 0.25) is 5.02 Å². The van der Waals surface area contributed by atoms with E-state index in [0.717, 1.165) is 29.4 Å². The van der Waals surface area contributed by atoms with Crippen LogP contribution in [0.3, 0.4) is 0 Å². The van der Waals surface area contributed by atoms with Crippen LogP contribution in [0, 0.1) is 12.7 Å². The number of carbonyl (C=O) groups is 1. The van der Waals surface area contributed by atoms with E-state index in [1.807, 2.05) is 31.0 Å². The zero-order valence-corrected chi connectivity index (χ0v) is 22.1. The maximum Gasteiger partial charge on any atom is 0.319 e. The number of nitrogens with zero attached hydrogens (tertiary/aromatic N) is 5. The molecule has 0 spiro atoms. The number of carbonyl (C=O) groups excluding carboxylic acids is 1. The second kappa shape index (κ2) is 10.9. The molecule has 1 fully saturated rings. The molecule has 2 aromatic heterocycles. The van der Waals surface area contributed by atoms with E-state index in [0.29, 0.717) is 49.6 Å². The van der Waals surface area contributed by atoms with E-state index in [9.17, 15) is 4.79 Å². The summed E-state index contributed by atoms with van der Waals surface area (Å²) in [6, 6.07) is 5.62. The number of halogens is 2. The van der Waals surface area contributed by atoms with Gasteiger partial charge < -0.3 is 19.9 Å². The lowest BCUT2D eigenvalue weighted by Gasteiger charge is -2.35. The van der Waals surface area contributed by atoms with Gasteiger partial charge in [0.05, 0.1) is 23.3 Å². The van der Waals surface area contributed by atoms with Crippen LogP contribution in [0.1, 0.15) is 12.0 Å². The standard InChI is InChI=1S/C27H29ClFN7O2/c1-4-21(37)35-9-11-36(12-10-35)26-17-14-19(28)23(22-16(2)6-7-20-18(22)15-31-34-20)24(29)25(17)32-27(33-26)38-13-5-8-30-3/h4,6-7,14-15,30H,1,5,8-13H2,2-3H3,(H,31,34). The number of piperazine rings is 1. The minimum absolute atomic E-state index is 0.0959. The fourth-order valence-electron chi connectivity index (χ4n) is 4.83.